The van der Waals surface area contributed by atoms with Crippen LogP contribution in [-0.4, -0.2) is 20.7 Å². The number of hydrogen-bond acceptors (Lipinski definition) is 2. The van der Waals surface area contributed by atoms with Gasteiger partial charge in [0.25, 0.3) is 5.91 Å². The standard InChI is InChI=1S/C20H22N4O/c25-20(22-14-15-8-7-13-21-15)19-17-11-5-2-6-12-18(17)24(23-19)16-9-3-1-4-10-16/h1,3-4,7-10,13,21H,2,5-6,11-12,14H2,(H,22,25). The van der Waals surface area contributed by atoms with E-state index in [-0.39, 0.29) is 5.91 Å². The Kier molecular flexibility index (Phi) is 4.37. The average molecular weight is 334 g/mol. The molecule has 5 heteroatoms. The average Bonchev–Trinajstić information content (AvgIpc) is 3.23. The zero-order valence-electron chi connectivity index (χ0n) is 14.2. The molecule has 1 aliphatic rings. The number of aromatic nitrogens is 3. The molecule has 1 aliphatic carbocycles. The summed E-state index contributed by atoms with van der Waals surface area (Å²) in [6.07, 6.45) is 7.22. The molecule has 0 spiro atoms. The van der Waals surface area contributed by atoms with Crippen molar-refractivity contribution < 1.29 is 4.79 Å². The molecule has 2 aromatic heterocycles. The summed E-state index contributed by atoms with van der Waals surface area (Å²) in [5.74, 6) is -0.0950. The molecule has 2 heterocycles. The molecule has 2 N–H and O–H groups in total. The lowest BCUT2D eigenvalue weighted by molar-refractivity contribution is 0.0944. The van der Waals surface area contributed by atoms with Gasteiger partial charge in [-0.05, 0) is 49.9 Å². The lowest BCUT2D eigenvalue weighted by Crippen LogP contribution is -2.24. The topological polar surface area (TPSA) is 62.7 Å². The second-order valence-corrected chi connectivity index (χ2v) is 6.46. The zero-order valence-corrected chi connectivity index (χ0v) is 14.2. The number of amides is 1. The Balaban J connectivity index is 1.67. The fraction of sp³-hybridized carbons (Fsp3) is 0.300. The lowest BCUT2D eigenvalue weighted by Gasteiger charge is -2.06. The molecule has 0 atom stereocenters. The Bertz CT molecular complexity index is 849. The van der Waals surface area contributed by atoms with E-state index in [1.54, 1.807) is 0 Å². The minimum Gasteiger partial charge on any atom is -0.364 e. The predicted octanol–water partition coefficient (Wildman–Crippen LogP) is 3.40. The molecule has 1 amide bonds. The Morgan fingerprint density at radius 3 is 2.72 bits per heavy atom. The van der Waals surface area contributed by atoms with Gasteiger partial charge < -0.3 is 10.3 Å². The minimum absolute atomic E-state index is 0.0950. The number of carbonyl (C=O) groups excluding carboxylic acids is 1. The van der Waals surface area contributed by atoms with Crippen molar-refractivity contribution in [2.24, 2.45) is 0 Å². The predicted molar refractivity (Wildman–Crippen MR) is 96.8 cm³/mol. The SMILES string of the molecule is O=C(NCc1ccc[nH]1)c1nn(-c2ccccc2)c2c1CCCCC2. The number of carbonyl (C=O) groups is 1. The largest absolute Gasteiger partial charge is 0.364 e. The second-order valence-electron chi connectivity index (χ2n) is 6.46. The van der Waals surface area contributed by atoms with Gasteiger partial charge in [0.05, 0.1) is 12.2 Å². The summed E-state index contributed by atoms with van der Waals surface area (Å²) in [6.45, 7) is 0.485. The molecule has 25 heavy (non-hydrogen) atoms. The summed E-state index contributed by atoms with van der Waals surface area (Å²) in [6, 6.07) is 14.0. The fourth-order valence-corrected chi connectivity index (χ4v) is 3.48. The van der Waals surface area contributed by atoms with Gasteiger partial charge in [0.1, 0.15) is 0 Å². The molecule has 3 aromatic rings. The highest BCUT2D eigenvalue weighted by Crippen LogP contribution is 2.26. The summed E-state index contributed by atoms with van der Waals surface area (Å²) in [4.78, 5) is 15.9. The number of hydrogen-bond donors (Lipinski definition) is 2. The van der Waals surface area contributed by atoms with E-state index in [2.05, 4.69) is 10.3 Å². The van der Waals surface area contributed by atoms with Crippen molar-refractivity contribution >= 4 is 5.91 Å². The van der Waals surface area contributed by atoms with E-state index in [9.17, 15) is 4.79 Å². The fourth-order valence-electron chi connectivity index (χ4n) is 3.48. The van der Waals surface area contributed by atoms with Crippen LogP contribution >= 0.6 is 0 Å². The molecule has 0 fully saturated rings. The van der Waals surface area contributed by atoms with Crippen LogP contribution in [0.1, 0.15) is 46.7 Å². The Labute approximate surface area is 147 Å². The first-order valence-electron chi connectivity index (χ1n) is 8.89. The first-order chi connectivity index (χ1) is 12.3. The van der Waals surface area contributed by atoms with Gasteiger partial charge in [-0.25, -0.2) is 4.68 Å². The maximum atomic E-state index is 12.8. The number of benzene rings is 1. The van der Waals surface area contributed by atoms with Gasteiger partial charge in [-0.15, -0.1) is 0 Å². The quantitative estimate of drug-likeness (QED) is 0.718. The normalized spacial score (nSPS) is 13.9. The van der Waals surface area contributed by atoms with Crippen LogP contribution in [0.5, 0.6) is 0 Å². The van der Waals surface area contributed by atoms with Crippen LogP contribution in [0.15, 0.2) is 48.7 Å². The Hall–Kier alpha value is -2.82. The molecule has 0 unspecified atom stereocenters. The summed E-state index contributed by atoms with van der Waals surface area (Å²) >= 11 is 0. The zero-order chi connectivity index (χ0) is 17.1. The number of aromatic amines is 1. The molecular formula is C20H22N4O. The minimum atomic E-state index is -0.0950. The molecule has 1 aromatic carbocycles. The summed E-state index contributed by atoms with van der Waals surface area (Å²) in [7, 11) is 0. The third-order valence-electron chi connectivity index (χ3n) is 4.75. The van der Waals surface area contributed by atoms with Gasteiger partial charge in [0.2, 0.25) is 0 Å². The Morgan fingerprint density at radius 2 is 1.92 bits per heavy atom. The number of nitrogens with zero attached hydrogens (tertiary/aromatic N) is 2. The second kappa shape index (κ2) is 6.97. The van der Waals surface area contributed by atoms with Crippen molar-refractivity contribution in [1.82, 2.24) is 20.1 Å². The van der Waals surface area contributed by atoms with Crippen LogP contribution in [0.2, 0.25) is 0 Å². The number of H-pyrrole nitrogens is 1. The van der Waals surface area contributed by atoms with E-state index in [0.29, 0.717) is 12.2 Å². The first-order valence-corrected chi connectivity index (χ1v) is 8.89. The van der Waals surface area contributed by atoms with Crippen LogP contribution in [0.3, 0.4) is 0 Å². The van der Waals surface area contributed by atoms with E-state index >= 15 is 0 Å². The van der Waals surface area contributed by atoms with Crippen molar-refractivity contribution in [3.05, 3.63) is 71.3 Å². The van der Waals surface area contributed by atoms with Gasteiger partial charge in [-0.3, -0.25) is 4.79 Å². The van der Waals surface area contributed by atoms with Gasteiger partial charge in [-0.2, -0.15) is 5.10 Å². The van der Waals surface area contributed by atoms with E-state index < -0.39 is 0 Å². The maximum absolute atomic E-state index is 12.8. The highest BCUT2D eigenvalue weighted by atomic mass is 16.1. The van der Waals surface area contributed by atoms with Gasteiger partial charge in [0.15, 0.2) is 5.69 Å². The maximum Gasteiger partial charge on any atom is 0.272 e. The van der Waals surface area contributed by atoms with Gasteiger partial charge in [0, 0.05) is 23.1 Å². The van der Waals surface area contributed by atoms with Gasteiger partial charge >= 0.3 is 0 Å². The number of rotatable bonds is 4. The third kappa shape index (κ3) is 3.22. The molecular weight excluding hydrogens is 312 g/mol. The smallest absolute Gasteiger partial charge is 0.272 e. The lowest BCUT2D eigenvalue weighted by atomic mass is 10.1. The van der Waals surface area contributed by atoms with E-state index in [1.807, 2.05) is 53.3 Å². The van der Waals surface area contributed by atoms with E-state index in [0.717, 1.165) is 42.6 Å². The van der Waals surface area contributed by atoms with Crippen molar-refractivity contribution in [1.29, 1.82) is 0 Å². The molecule has 4 rings (SSSR count). The Morgan fingerprint density at radius 1 is 1.08 bits per heavy atom. The van der Waals surface area contributed by atoms with Crippen LogP contribution in [0, 0.1) is 0 Å². The van der Waals surface area contributed by atoms with Crippen LogP contribution in [0.25, 0.3) is 5.69 Å². The molecule has 5 nitrogen and oxygen atoms in total. The van der Waals surface area contributed by atoms with Crippen molar-refractivity contribution in [3.63, 3.8) is 0 Å². The number of para-hydroxylation sites is 1. The third-order valence-corrected chi connectivity index (χ3v) is 4.75. The molecule has 0 saturated carbocycles. The number of fused-ring (bicyclic) bond motifs is 1. The summed E-state index contributed by atoms with van der Waals surface area (Å²) in [5.41, 5.74) is 4.89. The summed E-state index contributed by atoms with van der Waals surface area (Å²) < 4.78 is 1.96. The number of nitrogens with one attached hydrogen (secondary N) is 2. The van der Waals surface area contributed by atoms with Crippen molar-refractivity contribution in [3.8, 4) is 5.69 Å². The first kappa shape index (κ1) is 15.7. The molecule has 128 valence electrons. The molecule has 0 bridgehead atoms. The van der Waals surface area contributed by atoms with Crippen LogP contribution < -0.4 is 5.32 Å². The monoisotopic (exact) mass is 334 g/mol. The van der Waals surface area contributed by atoms with Crippen LogP contribution in [-0.2, 0) is 19.4 Å². The highest BCUT2D eigenvalue weighted by Gasteiger charge is 2.24. The molecule has 0 radical (unpaired) electrons. The van der Waals surface area contributed by atoms with Crippen molar-refractivity contribution in [2.75, 3.05) is 0 Å². The highest BCUT2D eigenvalue weighted by molar-refractivity contribution is 5.94. The van der Waals surface area contributed by atoms with Gasteiger partial charge in [-0.1, -0.05) is 24.6 Å². The van der Waals surface area contributed by atoms with Crippen molar-refractivity contribution in [2.45, 2.75) is 38.6 Å². The van der Waals surface area contributed by atoms with E-state index in [1.165, 1.54) is 12.1 Å². The molecule has 0 aliphatic heterocycles. The van der Waals surface area contributed by atoms with E-state index in [4.69, 9.17) is 5.10 Å². The van der Waals surface area contributed by atoms with Crippen LogP contribution in [0.4, 0.5) is 0 Å². The molecule has 0 saturated heterocycles. The summed E-state index contributed by atoms with van der Waals surface area (Å²) in [5, 5.41) is 7.69.